The average molecular weight is 283 g/mol. The maximum Gasteiger partial charge on any atom is 0.249 e. The summed E-state index contributed by atoms with van der Waals surface area (Å²) >= 11 is 0. The van der Waals surface area contributed by atoms with Crippen LogP contribution in [0.5, 0.6) is 0 Å². The normalized spacial score (nSPS) is 15.1. The second-order valence-corrected chi connectivity index (χ2v) is 5.68. The van der Waals surface area contributed by atoms with Crippen molar-refractivity contribution in [1.29, 1.82) is 0 Å². The monoisotopic (exact) mass is 283 g/mol. The van der Waals surface area contributed by atoms with Crippen molar-refractivity contribution >= 4 is 17.5 Å². The standard InChI is InChI=1S/C16H21N5/c1-11-6-5-7-12(2)15(11)20-16-19-14(10-17-21-16)18-13-8-3-4-9-13/h5-7,10,13H,3-4,8-9H2,1-2H3,(H2,18,19,20,21). The maximum atomic E-state index is 4.52. The van der Waals surface area contributed by atoms with Gasteiger partial charge in [-0.1, -0.05) is 31.0 Å². The Morgan fingerprint density at radius 1 is 1.10 bits per heavy atom. The number of hydrogen-bond donors (Lipinski definition) is 2. The van der Waals surface area contributed by atoms with Gasteiger partial charge in [0, 0.05) is 11.7 Å². The summed E-state index contributed by atoms with van der Waals surface area (Å²) < 4.78 is 0. The van der Waals surface area contributed by atoms with E-state index in [1.54, 1.807) is 6.20 Å². The van der Waals surface area contributed by atoms with Gasteiger partial charge in [-0.3, -0.25) is 0 Å². The van der Waals surface area contributed by atoms with Gasteiger partial charge in [0.25, 0.3) is 0 Å². The highest BCUT2D eigenvalue weighted by Gasteiger charge is 2.15. The minimum Gasteiger partial charge on any atom is -0.366 e. The molecule has 0 bridgehead atoms. The predicted octanol–water partition coefficient (Wildman–Crippen LogP) is 3.59. The summed E-state index contributed by atoms with van der Waals surface area (Å²) in [7, 11) is 0. The first-order valence-corrected chi connectivity index (χ1v) is 7.52. The van der Waals surface area contributed by atoms with E-state index >= 15 is 0 Å². The molecule has 0 atom stereocenters. The molecule has 1 fully saturated rings. The van der Waals surface area contributed by atoms with Crippen molar-refractivity contribution in [2.24, 2.45) is 0 Å². The zero-order valence-electron chi connectivity index (χ0n) is 12.6. The Balaban J connectivity index is 1.76. The number of anilines is 3. The molecule has 1 saturated carbocycles. The summed E-state index contributed by atoms with van der Waals surface area (Å²) in [5.74, 6) is 1.33. The van der Waals surface area contributed by atoms with Gasteiger partial charge in [0.05, 0.1) is 6.20 Å². The number of nitrogens with zero attached hydrogens (tertiary/aromatic N) is 3. The first-order chi connectivity index (χ1) is 10.2. The zero-order chi connectivity index (χ0) is 14.7. The fraction of sp³-hybridized carbons (Fsp3) is 0.438. The predicted molar refractivity (Wildman–Crippen MR) is 84.9 cm³/mol. The lowest BCUT2D eigenvalue weighted by Gasteiger charge is -2.14. The van der Waals surface area contributed by atoms with Crippen LogP contribution in [0.25, 0.3) is 0 Å². The summed E-state index contributed by atoms with van der Waals surface area (Å²) in [6, 6.07) is 6.72. The van der Waals surface area contributed by atoms with Gasteiger partial charge < -0.3 is 10.6 Å². The van der Waals surface area contributed by atoms with Crippen LogP contribution in [0.3, 0.4) is 0 Å². The fourth-order valence-electron chi connectivity index (χ4n) is 2.83. The molecule has 3 rings (SSSR count). The molecule has 1 aliphatic rings. The Morgan fingerprint density at radius 3 is 2.52 bits per heavy atom. The fourth-order valence-corrected chi connectivity index (χ4v) is 2.83. The molecule has 1 heterocycles. The lowest BCUT2D eigenvalue weighted by Crippen LogP contribution is -2.16. The second-order valence-electron chi connectivity index (χ2n) is 5.68. The third-order valence-corrected chi connectivity index (χ3v) is 3.98. The average Bonchev–Trinajstić information content (AvgIpc) is 2.96. The first kappa shape index (κ1) is 13.8. The third kappa shape index (κ3) is 3.29. The molecule has 5 nitrogen and oxygen atoms in total. The molecular formula is C16H21N5. The van der Waals surface area contributed by atoms with E-state index in [0.717, 1.165) is 11.5 Å². The molecule has 0 saturated heterocycles. The Labute approximate surface area is 125 Å². The van der Waals surface area contributed by atoms with Gasteiger partial charge in [0.1, 0.15) is 0 Å². The Hall–Kier alpha value is -2.17. The highest BCUT2D eigenvalue weighted by Crippen LogP contribution is 2.24. The first-order valence-electron chi connectivity index (χ1n) is 7.52. The van der Waals surface area contributed by atoms with Crippen molar-refractivity contribution in [3.05, 3.63) is 35.5 Å². The largest absolute Gasteiger partial charge is 0.366 e. The Morgan fingerprint density at radius 2 is 1.81 bits per heavy atom. The molecule has 1 aromatic carbocycles. The minimum absolute atomic E-state index is 0.523. The molecule has 1 aromatic heterocycles. The van der Waals surface area contributed by atoms with Gasteiger partial charge in [-0.25, -0.2) is 0 Å². The molecule has 0 unspecified atom stereocenters. The molecular weight excluding hydrogens is 262 g/mol. The molecule has 110 valence electrons. The van der Waals surface area contributed by atoms with Gasteiger partial charge in [-0.2, -0.15) is 10.1 Å². The van der Waals surface area contributed by atoms with Crippen LogP contribution in [-0.2, 0) is 0 Å². The van der Waals surface area contributed by atoms with Gasteiger partial charge in [0.2, 0.25) is 5.95 Å². The summed E-state index contributed by atoms with van der Waals surface area (Å²) in [5.41, 5.74) is 3.40. The maximum absolute atomic E-state index is 4.52. The van der Waals surface area contributed by atoms with Crippen molar-refractivity contribution in [3.8, 4) is 0 Å². The molecule has 0 amide bonds. The number of benzene rings is 1. The molecule has 21 heavy (non-hydrogen) atoms. The number of aromatic nitrogens is 3. The van der Waals surface area contributed by atoms with Crippen LogP contribution in [-0.4, -0.2) is 21.2 Å². The Kier molecular flexibility index (Phi) is 3.99. The highest BCUT2D eigenvalue weighted by molar-refractivity contribution is 5.63. The lowest BCUT2D eigenvalue weighted by molar-refractivity contribution is 0.747. The third-order valence-electron chi connectivity index (χ3n) is 3.98. The molecule has 5 heteroatoms. The summed E-state index contributed by atoms with van der Waals surface area (Å²) in [6.45, 7) is 4.15. The minimum atomic E-state index is 0.523. The smallest absolute Gasteiger partial charge is 0.249 e. The van der Waals surface area contributed by atoms with Crippen LogP contribution in [0.15, 0.2) is 24.4 Å². The van der Waals surface area contributed by atoms with E-state index in [1.165, 1.54) is 36.8 Å². The van der Waals surface area contributed by atoms with Crippen LogP contribution in [0, 0.1) is 13.8 Å². The summed E-state index contributed by atoms with van der Waals surface area (Å²) in [5, 5.41) is 14.8. The molecule has 2 aromatic rings. The molecule has 0 radical (unpaired) electrons. The van der Waals surface area contributed by atoms with E-state index in [4.69, 9.17) is 0 Å². The molecule has 1 aliphatic carbocycles. The van der Waals surface area contributed by atoms with E-state index in [-0.39, 0.29) is 0 Å². The van der Waals surface area contributed by atoms with Crippen LogP contribution in [0.4, 0.5) is 17.5 Å². The van der Waals surface area contributed by atoms with Crippen molar-refractivity contribution in [2.75, 3.05) is 10.6 Å². The van der Waals surface area contributed by atoms with E-state index in [9.17, 15) is 0 Å². The quantitative estimate of drug-likeness (QED) is 0.898. The van der Waals surface area contributed by atoms with Gasteiger partial charge in [0.15, 0.2) is 5.82 Å². The Bertz CT molecular complexity index is 600. The number of aryl methyl sites for hydroxylation is 2. The topological polar surface area (TPSA) is 62.7 Å². The molecule has 0 spiro atoms. The molecule has 0 aliphatic heterocycles. The van der Waals surface area contributed by atoms with Crippen LogP contribution in [0.1, 0.15) is 36.8 Å². The highest BCUT2D eigenvalue weighted by atomic mass is 15.3. The van der Waals surface area contributed by atoms with Gasteiger partial charge >= 0.3 is 0 Å². The van der Waals surface area contributed by atoms with E-state index in [1.807, 2.05) is 6.07 Å². The van der Waals surface area contributed by atoms with E-state index in [2.05, 4.69) is 51.8 Å². The van der Waals surface area contributed by atoms with Gasteiger partial charge in [-0.05, 0) is 37.8 Å². The van der Waals surface area contributed by atoms with Gasteiger partial charge in [-0.15, -0.1) is 5.10 Å². The lowest BCUT2D eigenvalue weighted by atomic mass is 10.1. The summed E-state index contributed by atoms with van der Waals surface area (Å²) in [4.78, 5) is 4.52. The number of hydrogen-bond acceptors (Lipinski definition) is 5. The van der Waals surface area contributed by atoms with E-state index < -0.39 is 0 Å². The number of para-hydroxylation sites is 1. The van der Waals surface area contributed by atoms with E-state index in [0.29, 0.717) is 12.0 Å². The van der Waals surface area contributed by atoms with Crippen molar-refractivity contribution in [3.63, 3.8) is 0 Å². The van der Waals surface area contributed by atoms with Crippen LogP contribution >= 0.6 is 0 Å². The second kappa shape index (κ2) is 6.08. The zero-order valence-corrected chi connectivity index (χ0v) is 12.6. The van der Waals surface area contributed by atoms with Crippen molar-refractivity contribution in [2.45, 2.75) is 45.6 Å². The summed E-state index contributed by atoms with van der Waals surface area (Å²) in [6.07, 6.45) is 6.70. The SMILES string of the molecule is Cc1cccc(C)c1Nc1nncc(NC2CCCC2)n1. The van der Waals surface area contributed by atoms with Crippen LogP contribution < -0.4 is 10.6 Å². The molecule has 2 N–H and O–H groups in total. The van der Waals surface area contributed by atoms with Crippen molar-refractivity contribution < 1.29 is 0 Å². The van der Waals surface area contributed by atoms with Crippen molar-refractivity contribution in [1.82, 2.24) is 15.2 Å². The number of rotatable bonds is 4. The van der Waals surface area contributed by atoms with Crippen LogP contribution in [0.2, 0.25) is 0 Å². The number of nitrogens with one attached hydrogen (secondary N) is 2.